The Kier molecular flexibility index (Phi) is 8.38. The highest BCUT2D eigenvalue weighted by molar-refractivity contribution is 6.06. The van der Waals surface area contributed by atoms with Gasteiger partial charge in [-0.25, -0.2) is 0 Å². The summed E-state index contributed by atoms with van der Waals surface area (Å²) in [6, 6.07) is 21.8. The number of aliphatic hydroxyl groups is 1. The van der Waals surface area contributed by atoms with Gasteiger partial charge in [-0.1, -0.05) is 85.0 Å². The maximum absolute atomic E-state index is 14.7. The van der Waals surface area contributed by atoms with Gasteiger partial charge in [-0.3, -0.25) is 19.2 Å². The SMILES string of the molecule is O=C1CC/C=C\[C@H]2O[C@]34C=CCN(c5ccc6ccccc6c5)C(=O)[C@H]3N(CCCO)C(=O)[C@@H]4[C@H]2C(=O)O[C@H](c2ccccc2)CN1. The highest BCUT2D eigenvalue weighted by atomic mass is 16.6. The van der Waals surface area contributed by atoms with Gasteiger partial charge >= 0.3 is 5.97 Å². The predicted molar refractivity (Wildman–Crippen MR) is 174 cm³/mol. The Hall–Kier alpha value is -4.80. The van der Waals surface area contributed by atoms with E-state index in [2.05, 4.69) is 5.32 Å². The Morgan fingerprint density at radius 3 is 2.51 bits per heavy atom. The third kappa shape index (κ3) is 5.51. The Morgan fingerprint density at radius 2 is 1.70 bits per heavy atom. The van der Waals surface area contributed by atoms with Gasteiger partial charge in [0.1, 0.15) is 23.7 Å². The maximum atomic E-state index is 14.7. The zero-order valence-corrected chi connectivity index (χ0v) is 25.9. The lowest BCUT2D eigenvalue weighted by molar-refractivity contribution is -0.159. The van der Waals surface area contributed by atoms with Crippen molar-refractivity contribution >= 4 is 40.2 Å². The lowest BCUT2D eigenvalue weighted by Gasteiger charge is -2.35. The molecule has 0 saturated carbocycles. The molecule has 0 bridgehead atoms. The summed E-state index contributed by atoms with van der Waals surface area (Å²) >= 11 is 0. The lowest BCUT2D eigenvalue weighted by Crippen LogP contribution is -2.55. The smallest absolute Gasteiger partial charge is 0.313 e. The van der Waals surface area contributed by atoms with Crippen LogP contribution in [0, 0.1) is 11.8 Å². The largest absolute Gasteiger partial charge is 0.455 e. The number of nitrogens with one attached hydrogen (secondary N) is 1. The lowest BCUT2D eigenvalue weighted by atomic mass is 9.78. The molecule has 0 unspecified atom stereocenters. The minimum Gasteiger partial charge on any atom is -0.455 e. The minimum atomic E-state index is -1.45. The standard InChI is InChI=1S/C37H37N3O7/c41-21-9-20-40-33-35(44)39(27-17-16-24-10-4-5-13-26(24)22-27)19-8-18-37(33)32(34(40)43)31-28(47-37)14-6-7-15-30(42)38-23-29(46-36(31)45)25-11-2-1-3-12-25/h1-6,8,10-14,16-18,22,28-29,31-33,41H,7,9,15,19-21,23H2,(H,38,42)/b14-6-/t28-,29+,31+,32+,33-,37+/m1/s1. The van der Waals surface area contributed by atoms with Gasteiger partial charge in [0.25, 0.3) is 5.91 Å². The van der Waals surface area contributed by atoms with Crippen molar-refractivity contribution in [1.29, 1.82) is 0 Å². The van der Waals surface area contributed by atoms with Crippen molar-refractivity contribution < 1.29 is 33.8 Å². The molecule has 3 aromatic rings. The van der Waals surface area contributed by atoms with E-state index in [9.17, 15) is 24.3 Å². The van der Waals surface area contributed by atoms with Gasteiger partial charge in [0.05, 0.1) is 18.6 Å². The fourth-order valence-electron chi connectivity index (χ4n) is 7.46. The summed E-state index contributed by atoms with van der Waals surface area (Å²) < 4.78 is 12.9. The van der Waals surface area contributed by atoms with Crippen LogP contribution in [0.25, 0.3) is 10.8 Å². The number of nitrogens with zero attached hydrogens (tertiary/aromatic N) is 2. The summed E-state index contributed by atoms with van der Waals surface area (Å²) in [5.41, 5.74) is -0.0699. The Morgan fingerprint density at radius 1 is 0.915 bits per heavy atom. The van der Waals surface area contributed by atoms with Crippen molar-refractivity contribution in [3.63, 3.8) is 0 Å². The number of allylic oxidation sites excluding steroid dienone is 1. The molecule has 4 aliphatic heterocycles. The number of aliphatic hydroxyl groups excluding tert-OH is 1. The van der Waals surface area contributed by atoms with Crippen LogP contribution in [0.1, 0.15) is 30.9 Å². The first-order valence-electron chi connectivity index (χ1n) is 16.2. The van der Waals surface area contributed by atoms with Crippen LogP contribution in [0.4, 0.5) is 5.69 Å². The molecular formula is C37H37N3O7. The molecule has 3 amide bonds. The normalized spacial score (nSPS) is 30.0. The molecule has 47 heavy (non-hydrogen) atoms. The van der Waals surface area contributed by atoms with Crippen LogP contribution < -0.4 is 10.2 Å². The predicted octanol–water partition coefficient (Wildman–Crippen LogP) is 3.46. The van der Waals surface area contributed by atoms with E-state index in [4.69, 9.17) is 9.47 Å². The first-order chi connectivity index (χ1) is 22.9. The van der Waals surface area contributed by atoms with E-state index in [0.29, 0.717) is 17.7 Å². The van der Waals surface area contributed by atoms with Crippen LogP contribution >= 0.6 is 0 Å². The van der Waals surface area contributed by atoms with Crippen LogP contribution in [-0.4, -0.2) is 77.7 Å². The second-order valence-corrected chi connectivity index (χ2v) is 12.4. The minimum absolute atomic E-state index is 0.0741. The van der Waals surface area contributed by atoms with Crippen molar-refractivity contribution in [3.8, 4) is 0 Å². The van der Waals surface area contributed by atoms with Gasteiger partial charge in [0.2, 0.25) is 11.8 Å². The van der Waals surface area contributed by atoms with Crippen LogP contribution in [0.15, 0.2) is 97.1 Å². The molecule has 6 atom stereocenters. The van der Waals surface area contributed by atoms with E-state index in [-0.39, 0.29) is 50.9 Å². The second-order valence-electron chi connectivity index (χ2n) is 12.4. The van der Waals surface area contributed by atoms with Crippen molar-refractivity contribution in [2.24, 2.45) is 11.8 Å². The van der Waals surface area contributed by atoms with Crippen LogP contribution in [0.5, 0.6) is 0 Å². The highest BCUT2D eigenvalue weighted by Crippen LogP contribution is 2.53. The molecule has 2 saturated heterocycles. The second kappa shape index (κ2) is 12.8. The zero-order chi connectivity index (χ0) is 32.5. The fourth-order valence-corrected chi connectivity index (χ4v) is 7.46. The van der Waals surface area contributed by atoms with Gasteiger partial charge in [-0.2, -0.15) is 0 Å². The van der Waals surface area contributed by atoms with Crippen molar-refractivity contribution in [1.82, 2.24) is 10.2 Å². The molecule has 0 radical (unpaired) electrons. The maximum Gasteiger partial charge on any atom is 0.313 e. The molecule has 7 rings (SSSR count). The van der Waals surface area contributed by atoms with Crippen LogP contribution in [0.2, 0.25) is 0 Å². The van der Waals surface area contributed by atoms with Gasteiger partial charge in [0, 0.05) is 31.8 Å². The molecular weight excluding hydrogens is 598 g/mol. The molecule has 242 valence electrons. The van der Waals surface area contributed by atoms with Crippen molar-refractivity contribution in [2.45, 2.75) is 43.1 Å². The summed E-state index contributed by atoms with van der Waals surface area (Å²) in [4.78, 5) is 59.1. The number of amides is 3. The molecule has 0 aromatic heterocycles. The highest BCUT2D eigenvalue weighted by Gasteiger charge is 2.71. The number of hydrogen-bond acceptors (Lipinski definition) is 7. The first-order valence-corrected chi connectivity index (χ1v) is 16.2. The first kappa shape index (κ1) is 30.8. The quantitative estimate of drug-likeness (QED) is 0.325. The van der Waals surface area contributed by atoms with E-state index >= 15 is 0 Å². The molecule has 10 heteroatoms. The van der Waals surface area contributed by atoms with E-state index in [1.54, 1.807) is 23.1 Å². The molecule has 1 spiro atoms. The van der Waals surface area contributed by atoms with Gasteiger partial charge in [-0.05, 0) is 41.3 Å². The number of carbonyl (C=O) groups excluding carboxylic acids is 4. The van der Waals surface area contributed by atoms with Crippen molar-refractivity contribution in [3.05, 3.63) is 103 Å². The molecule has 0 aliphatic carbocycles. The summed E-state index contributed by atoms with van der Waals surface area (Å²) in [6.45, 7) is 0.264. The number of fused-ring (bicyclic) bond motifs is 3. The number of hydrogen-bond donors (Lipinski definition) is 2. The zero-order valence-electron chi connectivity index (χ0n) is 25.9. The summed E-state index contributed by atoms with van der Waals surface area (Å²) in [7, 11) is 0. The van der Waals surface area contributed by atoms with E-state index in [1.165, 1.54) is 4.90 Å². The average molecular weight is 636 g/mol. The van der Waals surface area contributed by atoms with Crippen molar-refractivity contribution in [2.75, 3.05) is 31.1 Å². The topological polar surface area (TPSA) is 125 Å². The number of cyclic esters (lactones) is 1. The Bertz CT molecular complexity index is 1760. The van der Waals surface area contributed by atoms with Crippen LogP contribution in [0.3, 0.4) is 0 Å². The molecule has 4 aliphatic rings. The third-order valence-electron chi connectivity index (χ3n) is 9.65. The molecule has 2 fully saturated rings. The van der Waals surface area contributed by atoms with E-state index < -0.39 is 47.6 Å². The number of carbonyl (C=O) groups is 4. The van der Waals surface area contributed by atoms with E-state index in [1.807, 2.05) is 78.9 Å². The number of anilines is 1. The number of benzene rings is 3. The molecule has 10 nitrogen and oxygen atoms in total. The monoisotopic (exact) mass is 635 g/mol. The molecule has 2 N–H and O–H groups in total. The van der Waals surface area contributed by atoms with Gasteiger partial charge < -0.3 is 29.7 Å². The van der Waals surface area contributed by atoms with Gasteiger partial charge in [0.15, 0.2) is 0 Å². The summed E-state index contributed by atoms with van der Waals surface area (Å²) in [6.07, 6.45) is 6.35. The molecule has 3 aromatic carbocycles. The third-order valence-corrected chi connectivity index (χ3v) is 9.65. The van der Waals surface area contributed by atoms with Gasteiger partial charge in [-0.15, -0.1) is 0 Å². The van der Waals surface area contributed by atoms with Crippen LogP contribution in [-0.2, 0) is 28.7 Å². The number of rotatable bonds is 5. The summed E-state index contributed by atoms with van der Waals surface area (Å²) in [5, 5.41) is 14.6. The number of likely N-dealkylation sites (tertiary alicyclic amines) is 1. The Labute approximate surface area is 272 Å². The van der Waals surface area contributed by atoms with E-state index in [0.717, 1.165) is 10.8 Å². The summed E-state index contributed by atoms with van der Waals surface area (Å²) in [5.74, 6) is -3.63. The number of ether oxygens (including phenoxy) is 2. The number of esters is 1. The Balaban J connectivity index is 1.29. The average Bonchev–Trinajstić information content (AvgIpc) is 3.47. The fraction of sp³-hybridized carbons (Fsp3) is 0.351. The molecule has 4 heterocycles.